The normalized spacial score (nSPS) is 10.8. The van der Waals surface area contributed by atoms with Crippen LogP contribution in [0.3, 0.4) is 0 Å². The van der Waals surface area contributed by atoms with E-state index in [1.165, 1.54) is 0 Å². The Balaban J connectivity index is 2.38. The van der Waals surface area contributed by atoms with Crippen LogP contribution in [-0.4, -0.2) is 11.7 Å². The Kier molecular flexibility index (Phi) is 3.80. The smallest absolute Gasteiger partial charge is 0.274 e. The summed E-state index contributed by atoms with van der Waals surface area (Å²) >= 11 is 16.9. The van der Waals surface area contributed by atoms with Crippen LogP contribution in [0.15, 0.2) is 46.9 Å². The molecule has 21 heavy (non-hydrogen) atoms. The zero-order valence-electron chi connectivity index (χ0n) is 11.0. The standard InChI is InChI=1S/C15H10ClNO2S2/c1-18-11-5-6-13-12(8-11)14(20)17(15(21)19-13)10-4-2-3-9(16)7-10/h2-8H,1H3. The molecule has 0 unspecified atom stereocenters. The summed E-state index contributed by atoms with van der Waals surface area (Å²) < 4.78 is 13.1. The second-order valence-corrected chi connectivity index (χ2v) is 5.52. The van der Waals surface area contributed by atoms with Gasteiger partial charge in [0.05, 0.1) is 18.2 Å². The fourth-order valence-electron chi connectivity index (χ4n) is 2.07. The molecular weight excluding hydrogens is 326 g/mol. The highest BCUT2D eigenvalue weighted by Crippen LogP contribution is 2.25. The Morgan fingerprint density at radius 1 is 1.14 bits per heavy atom. The van der Waals surface area contributed by atoms with Gasteiger partial charge in [-0.05, 0) is 48.6 Å². The van der Waals surface area contributed by atoms with E-state index in [1.54, 1.807) is 35.9 Å². The van der Waals surface area contributed by atoms with Crippen molar-refractivity contribution >= 4 is 47.0 Å². The van der Waals surface area contributed by atoms with Crippen molar-refractivity contribution in [2.75, 3.05) is 7.11 Å². The van der Waals surface area contributed by atoms with Crippen molar-refractivity contribution in [2.45, 2.75) is 0 Å². The monoisotopic (exact) mass is 335 g/mol. The van der Waals surface area contributed by atoms with E-state index in [0.717, 1.165) is 11.1 Å². The molecular formula is C15H10ClNO2S2. The molecule has 0 saturated carbocycles. The summed E-state index contributed by atoms with van der Waals surface area (Å²) in [6, 6.07) is 12.7. The van der Waals surface area contributed by atoms with Crippen LogP contribution in [0.4, 0.5) is 0 Å². The van der Waals surface area contributed by atoms with Gasteiger partial charge in [0.2, 0.25) is 0 Å². The number of hydrogen-bond acceptors (Lipinski definition) is 4. The Morgan fingerprint density at radius 2 is 1.95 bits per heavy atom. The molecule has 3 rings (SSSR count). The molecule has 0 amide bonds. The van der Waals surface area contributed by atoms with Gasteiger partial charge in [-0.3, -0.25) is 4.57 Å². The Morgan fingerprint density at radius 3 is 2.67 bits per heavy atom. The lowest BCUT2D eigenvalue weighted by atomic mass is 10.2. The van der Waals surface area contributed by atoms with Crippen LogP contribution in [0.5, 0.6) is 5.75 Å². The highest BCUT2D eigenvalue weighted by Gasteiger charge is 2.08. The van der Waals surface area contributed by atoms with Gasteiger partial charge in [-0.25, -0.2) is 0 Å². The molecule has 3 aromatic rings. The summed E-state index contributed by atoms with van der Waals surface area (Å²) in [5.74, 6) is 0.707. The minimum atomic E-state index is 0.278. The number of rotatable bonds is 2. The summed E-state index contributed by atoms with van der Waals surface area (Å²) in [5.41, 5.74) is 1.40. The lowest BCUT2D eigenvalue weighted by molar-refractivity contribution is 0.415. The van der Waals surface area contributed by atoms with Crippen molar-refractivity contribution in [3.63, 3.8) is 0 Å². The number of ether oxygens (including phenoxy) is 1. The fraction of sp³-hybridized carbons (Fsp3) is 0.0667. The number of nitrogens with zero attached hydrogens (tertiary/aromatic N) is 1. The molecule has 1 heterocycles. The Hall–Kier alpha value is -1.69. The highest BCUT2D eigenvalue weighted by atomic mass is 35.5. The minimum Gasteiger partial charge on any atom is -0.497 e. The van der Waals surface area contributed by atoms with E-state index < -0.39 is 0 Å². The lowest BCUT2D eigenvalue weighted by Gasteiger charge is -2.09. The molecule has 0 radical (unpaired) electrons. The zero-order chi connectivity index (χ0) is 15.0. The lowest BCUT2D eigenvalue weighted by Crippen LogP contribution is -1.99. The van der Waals surface area contributed by atoms with E-state index in [4.69, 9.17) is 45.2 Å². The van der Waals surface area contributed by atoms with Crippen molar-refractivity contribution in [1.82, 2.24) is 4.57 Å². The second-order valence-electron chi connectivity index (χ2n) is 4.35. The van der Waals surface area contributed by atoms with Gasteiger partial charge in [0.1, 0.15) is 16.0 Å². The van der Waals surface area contributed by atoms with Crippen LogP contribution in [0.1, 0.15) is 0 Å². The summed E-state index contributed by atoms with van der Waals surface area (Å²) in [5, 5.41) is 1.37. The first-order valence-corrected chi connectivity index (χ1v) is 7.29. The maximum atomic E-state index is 6.03. The third kappa shape index (κ3) is 2.60. The van der Waals surface area contributed by atoms with Gasteiger partial charge in [0.15, 0.2) is 0 Å². The van der Waals surface area contributed by atoms with Crippen LogP contribution in [0, 0.1) is 9.48 Å². The number of halogens is 1. The second kappa shape index (κ2) is 5.60. The predicted octanol–water partition coefficient (Wildman–Crippen LogP) is 5.34. The van der Waals surface area contributed by atoms with Crippen LogP contribution in [0.25, 0.3) is 16.7 Å². The summed E-state index contributed by atoms with van der Waals surface area (Å²) in [4.78, 5) is 0.278. The van der Waals surface area contributed by atoms with Crippen LogP contribution in [0.2, 0.25) is 5.02 Å². The third-order valence-corrected chi connectivity index (χ3v) is 3.97. The Bertz CT molecular complexity index is 946. The maximum absolute atomic E-state index is 6.03. The molecule has 0 aliphatic rings. The predicted molar refractivity (Wildman–Crippen MR) is 88.8 cm³/mol. The average molecular weight is 336 g/mol. The quantitative estimate of drug-likeness (QED) is 0.590. The first kappa shape index (κ1) is 14.3. The van der Waals surface area contributed by atoms with Crippen molar-refractivity contribution in [1.29, 1.82) is 0 Å². The molecule has 0 fully saturated rings. The van der Waals surface area contributed by atoms with Crippen molar-refractivity contribution in [3.05, 3.63) is 57.0 Å². The van der Waals surface area contributed by atoms with Gasteiger partial charge in [0, 0.05) is 5.02 Å². The Labute approximate surface area is 136 Å². The van der Waals surface area contributed by atoms with E-state index >= 15 is 0 Å². The molecule has 1 aromatic heterocycles. The van der Waals surface area contributed by atoms with Crippen LogP contribution < -0.4 is 4.74 Å². The van der Waals surface area contributed by atoms with Crippen molar-refractivity contribution in [3.8, 4) is 11.4 Å². The molecule has 0 saturated heterocycles. The first-order valence-electron chi connectivity index (χ1n) is 6.10. The number of aromatic nitrogens is 1. The largest absolute Gasteiger partial charge is 0.497 e. The first-order chi connectivity index (χ1) is 10.1. The van der Waals surface area contributed by atoms with Crippen LogP contribution in [-0.2, 0) is 0 Å². The molecule has 2 aromatic carbocycles. The zero-order valence-corrected chi connectivity index (χ0v) is 13.4. The van der Waals surface area contributed by atoms with Crippen molar-refractivity contribution < 1.29 is 9.15 Å². The number of fused-ring (bicyclic) bond motifs is 1. The van der Waals surface area contributed by atoms with E-state index in [1.807, 2.05) is 18.2 Å². The van der Waals surface area contributed by atoms with Gasteiger partial charge in [-0.2, -0.15) is 0 Å². The topological polar surface area (TPSA) is 27.3 Å². The van der Waals surface area contributed by atoms with E-state index in [-0.39, 0.29) is 4.84 Å². The van der Waals surface area contributed by atoms with E-state index in [2.05, 4.69) is 0 Å². The molecule has 6 heteroatoms. The molecule has 0 aliphatic carbocycles. The number of methoxy groups -OCH3 is 1. The molecule has 0 atom stereocenters. The third-order valence-electron chi connectivity index (χ3n) is 3.07. The van der Waals surface area contributed by atoms with Gasteiger partial charge in [-0.1, -0.05) is 29.9 Å². The average Bonchev–Trinajstić information content (AvgIpc) is 2.47. The van der Waals surface area contributed by atoms with Gasteiger partial charge in [0.25, 0.3) is 4.84 Å². The summed E-state index contributed by atoms with van der Waals surface area (Å²) in [6.45, 7) is 0. The molecule has 0 aliphatic heterocycles. The van der Waals surface area contributed by atoms with Crippen LogP contribution >= 0.6 is 36.0 Å². The maximum Gasteiger partial charge on any atom is 0.274 e. The van der Waals surface area contributed by atoms with Gasteiger partial charge >= 0.3 is 0 Å². The SMILES string of the molecule is COc1ccc2oc(=S)n(-c3cccc(Cl)c3)c(=S)c2c1. The van der Waals surface area contributed by atoms with E-state index in [0.29, 0.717) is 21.0 Å². The fourth-order valence-corrected chi connectivity index (χ4v) is 2.95. The molecule has 0 bridgehead atoms. The molecule has 0 spiro atoms. The molecule has 3 nitrogen and oxygen atoms in total. The molecule has 106 valence electrons. The van der Waals surface area contributed by atoms with Gasteiger partial charge < -0.3 is 9.15 Å². The summed E-state index contributed by atoms with van der Waals surface area (Å²) in [6.07, 6.45) is 0. The number of hydrogen-bond donors (Lipinski definition) is 0. The van der Waals surface area contributed by atoms with E-state index in [9.17, 15) is 0 Å². The van der Waals surface area contributed by atoms with Crippen molar-refractivity contribution in [2.24, 2.45) is 0 Å². The molecule has 0 N–H and O–H groups in total. The van der Waals surface area contributed by atoms with Gasteiger partial charge in [-0.15, -0.1) is 0 Å². The minimum absolute atomic E-state index is 0.278. The summed E-state index contributed by atoms with van der Waals surface area (Å²) in [7, 11) is 1.60. The highest BCUT2D eigenvalue weighted by molar-refractivity contribution is 7.72. The number of benzene rings is 2.